The number of rotatable bonds is 5. The molecule has 0 aliphatic heterocycles. The number of hydrogen-bond acceptors (Lipinski definition) is 1. The van der Waals surface area contributed by atoms with E-state index in [4.69, 9.17) is 0 Å². The van der Waals surface area contributed by atoms with Crippen LogP contribution in [0.1, 0.15) is 43.7 Å². The van der Waals surface area contributed by atoms with Crippen molar-refractivity contribution in [3.63, 3.8) is 0 Å². The van der Waals surface area contributed by atoms with E-state index in [9.17, 15) is 4.79 Å². The van der Waals surface area contributed by atoms with Crippen molar-refractivity contribution in [1.29, 1.82) is 0 Å². The Hall–Kier alpha value is -1.03. The van der Waals surface area contributed by atoms with Gasteiger partial charge < -0.3 is 9.88 Å². The standard InChI is InChI=1S/C13H19BrN2O/c1-4-5-6-7-15-13(17)12-8-11(14)9-16(12)10(2)3/h4-5,8-10H,6-7H2,1-3H3,(H,15,17)/b5-4+. The van der Waals surface area contributed by atoms with Crippen molar-refractivity contribution in [3.8, 4) is 0 Å². The number of amides is 1. The summed E-state index contributed by atoms with van der Waals surface area (Å²) in [5.41, 5.74) is 0.701. The molecule has 1 aromatic rings. The average Bonchev–Trinajstić information content (AvgIpc) is 2.66. The van der Waals surface area contributed by atoms with Gasteiger partial charge in [-0.2, -0.15) is 0 Å². The van der Waals surface area contributed by atoms with E-state index in [2.05, 4.69) is 35.1 Å². The quantitative estimate of drug-likeness (QED) is 0.655. The third-order valence-corrected chi connectivity index (χ3v) is 2.87. The summed E-state index contributed by atoms with van der Waals surface area (Å²) in [7, 11) is 0. The number of carbonyl (C=O) groups is 1. The predicted octanol–water partition coefficient (Wildman–Crippen LogP) is 3.53. The molecular weight excluding hydrogens is 280 g/mol. The molecule has 4 heteroatoms. The van der Waals surface area contributed by atoms with E-state index >= 15 is 0 Å². The van der Waals surface area contributed by atoms with Gasteiger partial charge in [0.05, 0.1) is 0 Å². The molecule has 1 rings (SSSR count). The molecule has 1 amide bonds. The van der Waals surface area contributed by atoms with Gasteiger partial charge in [0.25, 0.3) is 5.91 Å². The topological polar surface area (TPSA) is 34.0 Å². The molecule has 0 spiro atoms. The van der Waals surface area contributed by atoms with Gasteiger partial charge in [0.2, 0.25) is 0 Å². The summed E-state index contributed by atoms with van der Waals surface area (Å²) in [5.74, 6) is -0.0195. The zero-order chi connectivity index (χ0) is 12.8. The van der Waals surface area contributed by atoms with Gasteiger partial charge >= 0.3 is 0 Å². The number of aromatic nitrogens is 1. The van der Waals surface area contributed by atoms with Crippen molar-refractivity contribution in [3.05, 3.63) is 34.6 Å². The Morgan fingerprint density at radius 3 is 2.88 bits per heavy atom. The Balaban J connectivity index is 2.68. The number of halogens is 1. The van der Waals surface area contributed by atoms with Gasteiger partial charge in [-0.15, -0.1) is 0 Å². The molecule has 1 aromatic heterocycles. The summed E-state index contributed by atoms with van der Waals surface area (Å²) in [6.45, 7) is 6.76. The molecule has 0 aromatic carbocycles. The van der Waals surface area contributed by atoms with Crippen molar-refractivity contribution in [2.75, 3.05) is 6.54 Å². The summed E-state index contributed by atoms with van der Waals surface area (Å²) >= 11 is 3.40. The van der Waals surface area contributed by atoms with E-state index in [1.165, 1.54) is 0 Å². The van der Waals surface area contributed by atoms with Crippen LogP contribution in [0.2, 0.25) is 0 Å². The highest BCUT2D eigenvalue weighted by atomic mass is 79.9. The second kappa shape index (κ2) is 6.64. The highest BCUT2D eigenvalue weighted by Gasteiger charge is 2.13. The second-order valence-electron chi connectivity index (χ2n) is 4.16. The number of carbonyl (C=O) groups excluding carboxylic acids is 1. The third kappa shape index (κ3) is 4.04. The Morgan fingerprint density at radius 2 is 2.29 bits per heavy atom. The molecule has 0 aliphatic carbocycles. The summed E-state index contributed by atoms with van der Waals surface area (Å²) in [4.78, 5) is 12.0. The number of nitrogens with one attached hydrogen (secondary N) is 1. The van der Waals surface area contributed by atoms with Gasteiger partial charge in [0.15, 0.2) is 0 Å². The van der Waals surface area contributed by atoms with Crippen LogP contribution in [0.15, 0.2) is 28.9 Å². The maximum absolute atomic E-state index is 12.0. The van der Waals surface area contributed by atoms with Gasteiger partial charge in [0, 0.05) is 23.3 Å². The Morgan fingerprint density at radius 1 is 1.59 bits per heavy atom. The lowest BCUT2D eigenvalue weighted by Gasteiger charge is -2.12. The van der Waals surface area contributed by atoms with Crippen LogP contribution in [0.25, 0.3) is 0 Å². The fourth-order valence-electron chi connectivity index (χ4n) is 1.58. The highest BCUT2D eigenvalue weighted by molar-refractivity contribution is 9.10. The van der Waals surface area contributed by atoms with Gasteiger partial charge in [-0.05, 0) is 49.2 Å². The van der Waals surface area contributed by atoms with Gasteiger partial charge in [-0.1, -0.05) is 12.2 Å². The predicted molar refractivity (Wildman–Crippen MR) is 74.3 cm³/mol. The summed E-state index contributed by atoms with van der Waals surface area (Å²) in [5, 5.41) is 2.91. The first-order valence-electron chi connectivity index (χ1n) is 5.83. The molecule has 0 saturated heterocycles. The van der Waals surface area contributed by atoms with Crippen molar-refractivity contribution < 1.29 is 4.79 Å². The van der Waals surface area contributed by atoms with E-state index in [0.29, 0.717) is 12.2 Å². The van der Waals surface area contributed by atoms with E-state index in [1.54, 1.807) is 0 Å². The molecule has 0 aliphatic rings. The van der Waals surface area contributed by atoms with Gasteiger partial charge in [-0.3, -0.25) is 4.79 Å². The maximum Gasteiger partial charge on any atom is 0.267 e. The molecule has 94 valence electrons. The van der Waals surface area contributed by atoms with Gasteiger partial charge in [-0.25, -0.2) is 0 Å². The molecule has 0 unspecified atom stereocenters. The summed E-state index contributed by atoms with van der Waals surface area (Å²) in [6, 6.07) is 2.13. The third-order valence-electron chi connectivity index (χ3n) is 2.44. The molecule has 0 bridgehead atoms. The lowest BCUT2D eigenvalue weighted by Crippen LogP contribution is -2.26. The van der Waals surface area contributed by atoms with Crippen LogP contribution in [-0.4, -0.2) is 17.0 Å². The first kappa shape index (κ1) is 14.0. The molecule has 0 radical (unpaired) electrons. The summed E-state index contributed by atoms with van der Waals surface area (Å²) in [6.07, 6.45) is 6.83. The Kier molecular flexibility index (Phi) is 5.48. The van der Waals surface area contributed by atoms with Crippen molar-refractivity contribution in [1.82, 2.24) is 9.88 Å². The van der Waals surface area contributed by atoms with Crippen LogP contribution in [0.5, 0.6) is 0 Å². The second-order valence-corrected chi connectivity index (χ2v) is 5.07. The van der Waals surface area contributed by atoms with Crippen molar-refractivity contribution >= 4 is 21.8 Å². The van der Waals surface area contributed by atoms with Crippen LogP contribution in [-0.2, 0) is 0 Å². The maximum atomic E-state index is 12.0. The van der Waals surface area contributed by atoms with Crippen LogP contribution in [0.4, 0.5) is 0 Å². The number of hydrogen-bond donors (Lipinski definition) is 1. The van der Waals surface area contributed by atoms with Crippen LogP contribution in [0.3, 0.4) is 0 Å². The fourth-order valence-corrected chi connectivity index (χ4v) is 2.02. The zero-order valence-electron chi connectivity index (χ0n) is 10.5. The number of allylic oxidation sites excluding steroid dienone is 1. The monoisotopic (exact) mass is 298 g/mol. The first-order valence-corrected chi connectivity index (χ1v) is 6.62. The largest absolute Gasteiger partial charge is 0.350 e. The fraction of sp³-hybridized carbons (Fsp3) is 0.462. The molecule has 3 nitrogen and oxygen atoms in total. The van der Waals surface area contributed by atoms with Gasteiger partial charge in [0.1, 0.15) is 5.69 Å². The van der Waals surface area contributed by atoms with Crippen molar-refractivity contribution in [2.24, 2.45) is 0 Å². The SMILES string of the molecule is C/C=C/CCNC(=O)c1cc(Br)cn1C(C)C. The van der Waals surface area contributed by atoms with Crippen molar-refractivity contribution in [2.45, 2.75) is 33.2 Å². The van der Waals surface area contributed by atoms with E-state index < -0.39 is 0 Å². The average molecular weight is 299 g/mol. The molecule has 0 saturated carbocycles. The lowest BCUT2D eigenvalue weighted by molar-refractivity contribution is 0.0943. The summed E-state index contributed by atoms with van der Waals surface area (Å²) < 4.78 is 2.90. The Bertz CT molecular complexity index is 408. The van der Waals surface area contributed by atoms with E-state index in [0.717, 1.165) is 10.9 Å². The molecular formula is C13H19BrN2O. The van der Waals surface area contributed by atoms with Crippen LogP contribution >= 0.6 is 15.9 Å². The highest BCUT2D eigenvalue weighted by Crippen LogP contribution is 2.19. The minimum absolute atomic E-state index is 0.0195. The van der Waals surface area contributed by atoms with E-state index in [1.807, 2.05) is 35.9 Å². The van der Waals surface area contributed by atoms with Crippen LogP contribution < -0.4 is 5.32 Å². The van der Waals surface area contributed by atoms with E-state index in [-0.39, 0.29) is 11.9 Å². The molecule has 0 fully saturated rings. The Labute approximate surface area is 111 Å². The molecule has 0 atom stereocenters. The molecule has 1 N–H and O–H groups in total. The zero-order valence-corrected chi connectivity index (χ0v) is 12.1. The smallest absolute Gasteiger partial charge is 0.267 e. The molecule has 1 heterocycles. The minimum Gasteiger partial charge on any atom is -0.350 e. The minimum atomic E-state index is -0.0195. The lowest BCUT2D eigenvalue weighted by atomic mass is 10.3. The normalized spacial score (nSPS) is 11.4. The van der Waals surface area contributed by atoms with Crippen LogP contribution in [0, 0.1) is 0 Å². The molecule has 17 heavy (non-hydrogen) atoms. The first-order chi connectivity index (χ1) is 8.06. The number of nitrogens with zero attached hydrogens (tertiary/aromatic N) is 1.